The van der Waals surface area contributed by atoms with Crippen molar-refractivity contribution in [2.75, 3.05) is 25.5 Å². The van der Waals surface area contributed by atoms with Crippen LogP contribution in [-0.2, 0) is 6.18 Å². The molecule has 1 saturated heterocycles. The maximum absolute atomic E-state index is 12.7. The molecule has 0 bridgehead atoms. The molecule has 1 aliphatic rings. The number of carbonyl (C=O) groups is 1. The average Bonchev–Trinajstić information content (AvgIpc) is 2.86. The van der Waals surface area contributed by atoms with E-state index in [9.17, 15) is 18.0 Å². The van der Waals surface area contributed by atoms with Crippen LogP contribution in [0, 0.1) is 5.92 Å². The smallest absolute Gasteiger partial charge is 0.419 e. The molecule has 0 spiro atoms. The Labute approximate surface area is 205 Å². The Morgan fingerprint density at radius 3 is 2.58 bits per heavy atom. The number of nitrogens with one attached hydrogen (secondary N) is 1. The van der Waals surface area contributed by atoms with Crippen molar-refractivity contribution in [3.8, 4) is 17.6 Å². The number of benzene rings is 1. The van der Waals surface area contributed by atoms with Gasteiger partial charge in [-0.15, -0.1) is 10.2 Å². The highest BCUT2D eigenvalue weighted by Crippen LogP contribution is 2.30. The molecule has 9 nitrogen and oxygen atoms in total. The number of likely N-dealkylation sites (tertiary alicyclic amines) is 1. The van der Waals surface area contributed by atoms with Gasteiger partial charge in [-0.1, -0.05) is 30.7 Å². The van der Waals surface area contributed by atoms with Crippen LogP contribution in [0.4, 0.5) is 23.8 Å². The second-order valence-electron chi connectivity index (χ2n) is 8.13. The molecule has 1 aliphatic heterocycles. The summed E-state index contributed by atoms with van der Waals surface area (Å²) in [5.41, 5.74) is 1.07. The molecule has 1 unspecified atom stereocenters. The van der Waals surface area contributed by atoms with E-state index >= 15 is 0 Å². The van der Waals surface area contributed by atoms with Gasteiger partial charge in [-0.3, -0.25) is 5.32 Å². The minimum Gasteiger partial charge on any atom is -0.480 e. The predicted molar refractivity (Wildman–Crippen MR) is 124 cm³/mol. The zero-order valence-electron chi connectivity index (χ0n) is 19.5. The first-order valence-corrected chi connectivity index (χ1v) is 11.0. The molecule has 0 aliphatic carbocycles. The third-order valence-corrected chi connectivity index (χ3v) is 5.54. The summed E-state index contributed by atoms with van der Waals surface area (Å²) in [5.74, 6) is 1.20. The number of rotatable bonds is 5. The molecule has 0 saturated carbocycles. The Kier molecular flexibility index (Phi) is 7.32. The van der Waals surface area contributed by atoms with Gasteiger partial charge in [-0.05, 0) is 36.1 Å². The van der Waals surface area contributed by atoms with Gasteiger partial charge in [-0.25, -0.2) is 14.8 Å². The fourth-order valence-corrected chi connectivity index (χ4v) is 3.64. The van der Waals surface area contributed by atoms with Crippen molar-refractivity contribution in [2.45, 2.75) is 19.5 Å². The Hall–Kier alpha value is -4.22. The summed E-state index contributed by atoms with van der Waals surface area (Å²) < 4.78 is 48.5. The normalized spacial score (nSPS) is 17.1. The third kappa shape index (κ3) is 6.26. The van der Waals surface area contributed by atoms with Crippen molar-refractivity contribution < 1.29 is 27.4 Å². The van der Waals surface area contributed by atoms with Gasteiger partial charge in [0.25, 0.3) is 0 Å². The van der Waals surface area contributed by atoms with Crippen LogP contribution in [0.5, 0.6) is 17.6 Å². The number of anilines is 1. The Morgan fingerprint density at radius 2 is 1.94 bits per heavy atom. The second-order valence-corrected chi connectivity index (χ2v) is 8.13. The fraction of sp³-hybridized carbons (Fsp3) is 0.292. The Morgan fingerprint density at radius 1 is 1.17 bits per heavy atom. The lowest BCUT2D eigenvalue weighted by Crippen LogP contribution is -2.42. The molecule has 0 radical (unpaired) electrons. The van der Waals surface area contributed by atoms with Crippen molar-refractivity contribution in [3.63, 3.8) is 0 Å². The quantitative estimate of drug-likeness (QED) is 0.523. The standard InChI is InChI=1S/C24H23F3N6O3/c1-15-14-33(23(34)30-20-6-7-21(35-2)32-31-20)9-8-17(15)10-16-4-3-5-19(11-16)36-22-28-12-18(13-29-22)24(25,26)27/h3-7,10-13,15H,8-9,14H2,1-2H3,(H,30,31,34). The number of alkyl halides is 3. The minimum atomic E-state index is -4.51. The lowest BCUT2D eigenvalue weighted by molar-refractivity contribution is -0.138. The van der Waals surface area contributed by atoms with E-state index in [1.54, 1.807) is 35.2 Å². The zero-order chi connectivity index (χ0) is 25.7. The Bertz CT molecular complexity index is 1230. The summed E-state index contributed by atoms with van der Waals surface area (Å²) in [4.78, 5) is 21.6. The summed E-state index contributed by atoms with van der Waals surface area (Å²) in [7, 11) is 1.49. The second kappa shape index (κ2) is 10.6. The summed E-state index contributed by atoms with van der Waals surface area (Å²) >= 11 is 0. The Balaban J connectivity index is 1.37. The number of methoxy groups -OCH3 is 1. The molecular weight excluding hydrogens is 477 g/mol. The van der Waals surface area contributed by atoms with Crippen LogP contribution in [0.1, 0.15) is 24.5 Å². The minimum absolute atomic E-state index is 0.106. The number of piperidine rings is 1. The van der Waals surface area contributed by atoms with Gasteiger partial charge in [0.15, 0.2) is 5.82 Å². The van der Waals surface area contributed by atoms with Crippen LogP contribution < -0.4 is 14.8 Å². The van der Waals surface area contributed by atoms with Gasteiger partial charge in [0, 0.05) is 31.5 Å². The van der Waals surface area contributed by atoms with Gasteiger partial charge in [0.1, 0.15) is 5.75 Å². The molecule has 2 aromatic heterocycles. The molecule has 188 valence electrons. The first-order valence-electron chi connectivity index (χ1n) is 11.0. The van der Waals surface area contributed by atoms with E-state index in [1.807, 2.05) is 19.1 Å². The fourth-order valence-electron chi connectivity index (χ4n) is 3.64. The van der Waals surface area contributed by atoms with E-state index in [-0.39, 0.29) is 18.0 Å². The maximum Gasteiger partial charge on any atom is 0.419 e. The molecule has 12 heteroatoms. The molecule has 2 amide bonds. The molecule has 1 atom stereocenters. The van der Waals surface area contributed by atoms with Gasteiger partial charge in [-0.2, -0.15) is 13.2 Å². The van der Waals surface area contributed by atoms with Crippen LogP contribution in [0.25, 0.3) is 6.08 Å². The SMILES string of the molecule is COc1ccc(NC(=O)N2CCC(=Cc3cccc(Oc4ncc(C(F)(F)F)cn4)c3)C(C)C2)nn1. The average molecular weight is 500 g/mol. The summed E-state index contributed by atoms with van der Waals surface area (Å²) in [6.45, 7) is 3.09. The van der Waals surface area contributed by atoms with Crippen LogP contribution in [0.2, 0.25) is 0 Å². The van der Waals surface area contributed by atoms with Crippen LogP contribution >= 0.6 is 0 Å². The van der Waals surface area contributed by atoms with E-state index in [1.165, 1.54) is 7.11 Å². The van der Waals surface area contributed by atoms with Crippen LogP contribution in [0.15, 0.2) is 54.4 Å². The van der Waals surface area contributed by atoms with Gasteiger partial charge in [0.2, 0.25) is 5.88 Å². The van der Waals surface area contributed by atoms with E-state index < -0.39 is 11.7 Å². The highest BCUT2D eigenvalue weighted by atomic mass is 19.4. The number of urea groups is 1. The van der Waals surface area contributed by atoms with Crippen LogP contribution in [0.3, 0.4) is 0 Å². The van der Waals surface area contributed by atoms with Crippen molar-refractivity contribution in [2.24, 2.45) is 5.92 Å². The number of hydrogen-bond donors (Lipinski definition) is 1. The highest BCUT2D eigenvalue weighted by molar-refractivity contribution is 5.88. The van der Waals surface area contributed by atoms with E-state index in [2.05, 4.69) is 25.5 Å². The molecule has 3 aromatic rings. The molecular formula is C24H23F3N6O3. The van der Waals surface area contributed by atoms with E-state index in [0.29, 0.717) is 49.4 Å². The lowest BCUT2D eigenvalue weighted by atomic mass is 9.91. The number of carbonyl (C=O) groups excluding carboxylic acids is 1. The predicted octanol–water partition coefficient (Wildman–Crippen LogP) is 5.04. The van der Waals surface area contributed by atoms with Crippen molar-refractivity contribution in [1.29, 1.82) is 0 Å². The molecule has 1 fully saturated rings. The molecule has 1 N–H and O–H groups in total. The first-order chi connectivity index (χ1) is 17.2. The van der Waals surface area contributed by atoms with Crippen molar-refractivity contribution >= 4 is 17.9 Å². The van der Waals surface area contributed by atoms with E-state index in [0.717, 1.165) is 11.1 Å². The van der Waals surface area contributed by atoms with Gasteiger partial charge in [0.05, 0.1) is 12.7 Å². The van der Waals surface area contributed by atoms with E-state index in [4.69, 9.17) is 9.47 Å². The van der Waals surface area contributed by atoms with Crippen molar-refractivity contribution in [1.82, 2.24) is 25.1 Å². The summed E-state index contributed by atoms with van der Waals surface area (Å²) in [6, 6.07) is 9.88. The number of halogens is 3. The summed E-state index contributed by atoms with van der Waals surface area (Å²) in [6.07, 6.45) is -0.450. The number of aromatic nitrogens is 4. The number of amides is 2. The van der Waals surface area contributed by atoms with Crippen molar-refractivity contribution in [3.05, 3.63) is 65.5 Å². The number of hydrogen-bond acceptors (Lipinski definition) is 7. The van der Waals surface area contributed by atoms with Gasteiger partial charge < -0.3 is 14.4 Å². The third-order valence-electron chi connectivity index (χ3n) is 5.54. The highest BCUT2D eigenvalue weighted by Gasteiger charge is 2.31. The molecule has 3 heterocycles. The van der Waals surface area contributed by atoms with Gasteiger partial charge >= 0.3 is 18.2 Å². The number of nitrogens with zero attached hydrogens (tertiary/aromatic N) is 5. The first kappa shape index (κ1) is 24.9. The number of ether oxygens (including phenoxy) is 2. The molecule has 36 heavy (non-hydrogen) atoms. The zero-order valence-corrected chi connectivity index (χ0v) is 19.5. The monoisotopic (exact) mass is 500 g/mol. The lowest BCUT2D eigenvalue weighted by Gasteiger charge is -2.33. The largest absolute Gasteiger partial charge is 0.480 e. The molecule has 4 rings (SSSR count). The maximum atomic E-state index is 12.7. The topological polar surface area (TPSA) is 102 Å². The summed E-state index contributed by atoms with van der Waals surface area (Å²) in [5, 5.41) is 10.5. The molecule has 1 aromatic carbocycles. The van der Waals surface area contributed by atoms with Crippen LogP contribution in [-0.4, -0.2) is 51.3 Å².